The van der Waals surface area contributed by atoms with Gasteiger partial charge < -0.3 is 10.4 Å². The van der Waals surface area contributed by atoms with Crippen LogP contribution in [0.5, 0.6) is 0 Å². The van der Waals surface area contributed by atoms with E-state index in [9.17, 15) is 0 Å². The van der Waals surface area contributed by atoms with Gasteiger partial charge in [0.25, 0.3) is 0 Å². The molecule has 4 heteroatoms. The number of hydrogen-bond acceptors (Lipinski definition) is 4. The fourth-order valence-corrected chi connectivity index (χ4v) is 2.31. The number of nitrogens with one attached hydrogen (secondary N) is 1. The zero-order valence-electron chi connectivity index (χ0n) is 9.10. The van der Waals surface area contributed by atoms with E-state index in [0.29, 0.717) is 0 Å². The van der Waals surface area contributed by atoms with Crippen molar-refractivity contribution in [1.82, 2.24) is 4.98 Å². The van der Waals surface area contributed by atoms with Gasteiger partial charge in [0.15, 0.2) is 0 Å². The number of pyridine rings is 1. The maximum absolute atomic E-state index is 9.15. The maximum Gasteiger partial charge on any atom is 0.0703 e. The van der Waals surface area contributed by atoms with E-state index in [4.69, 9.17) is 5.11 Å². The molecule has 2 aromatic heterocycles. The van der Waals surface area contributed by atoms with Crippen molar-refractivity contribution in [3.05, 3.63) is 45.9 Å². The Morgan fingerprint density at radius 1 is 1.38 bits per heavy atom. The Hall–Kier alpha value is -1.39. The summed E-state index contributed by atoms with van der Waals surface area (Å²) < 4.78 is 0. The third kappa shape index (κ3) is 2.59. The van der Waals surface area contributed by atoms with E-state index < -0.39 is 0 Å². The van der Waals surface area contributed by atoms with Crippen LogP contribution in [-0.2, 0) is 13.2 Å². The molecule has 0 atom stereocenters. The molecule has 0 unspecified atom stereocenters. The maximum atomic E-state index is 9.15. The van der Waals surface area contributed by atoms with Gasteiger partial charge >= 0.3 is 0 Å². The SMILES string of the molecule is Cc1ccc(CNc2cnccc2CO)s1. The summed E-state index contributed by atoms with van der Waals surface area (Å²) in [6.07, 6.45) is 3.43. The molecule has 2 N–H and O–H groups in total. The normalized spacial score (nSPS) is 10.4. The molecule has 0 saturated heterocycles. The van der Waals surface area contributed by atoms with Gasteiger partial charge in [0.1, 0.15) is 0 Å². The number of hydrogen-bond donors (Lipinski definition) is 2. The molecule has 0 radical (unpaired) electrons. The Bertz CT molecular complexity index is 468. The molecule has 0 amide bonds. The average molecular weight is 234 g/mol. The minimum Gasteiger partial charge on any atom is -0.392 e. The van der Waals surface area contributed by atoms with Crippen LogP contribution in [0.25, 0.3) is 0 Å². The van der Waals surface area contributed by atoms with Crippen LogP contribution in [0, 0.1) is 6.92 Å². The molecule has 0 spiro atoms. The number of nitrogens with zero attached hydrogens (tertiary/aromatic N) is 1. The van der Waals surface area contributed by atoms with Crippen LogP contribution in [0.4, 0.5) is 5.69 Å². The first kappa shape index (κ1) is 11.1. The Kier molecular flexibility index (Phi) is 3.54. The lowest BCUT2D eigenvalue weighted by Gasteiger charge is -2.08. The lowest BCUT2D eigenvalue weighted by atomic mass is 10.2. The van der Waals surface area contributed by atoms with Gasteiger partial charge in [-0.3, -0.25) is 4.98 Å². The Morgan fingerprint density at radius 2 is 2.25 bits per heavy atom. The van der Waals surface area contributed by atoms with Crippen LogP contribution in [0.15, 0.2) is 30.6 Å². The highest BCUT2D eigenvalue weighted by molar-refractivity contribution is 7.11. The minimum absolute atomic E-state index is 0.0360. The van der Waals surface area contributed by atoms with Gasteiger partial charge in [0.2, 0.25) is 0 Å². The van der Waals surface area contributed by atoms with E-state index in [2.05, 4.69) is 29.4 Å². The fraction of sp³-hybridized carbons (Fsp3) is 0.250. The zero-order valence-corrected chi connectivity index (χ0v) is 9.92. The summed E-state index contributed by atoms with van der Waals surface area (Å²) in [6.45, 7) is 2.91. The van der Waals surface area contributed by atoms with Crippen molar-refractivity contribution in [1.29, 1.82) is 0 Å². The summed E-state index contributed by atoms with van der Waals surface area (Å²) in [5.41, 5.74) is 1.78. The summed E-state index contributed by atoms with van der Waals surface area (Å²) in [5, 5.41) is 12.4. The number of anilines is 1. The largest absolute Gasteiger partial charge is 0.392 e. The van der Waals surface area contributed by atoms with Crippen LogP contribution in [0.2, 0.25) is 0 Å². The topological polar surface area (TPSA) is 45.2 Å². The second-order valence-electron chi connectivity index (χ2n) is 3.56. The number of aliphatic hydroxyl groups excluding tert-OH is 1. The molecule has 2 rings (SSSR count). The first-order valence-electron chi connectivity index (χ1n) is 5.12. The molecule has 2 aromatic rings. The summed E-state index contributed by atoms with van der Waals surface area (Å²) in [6, 6.07) is 6.04. The summed E-state index contributed by atoms with van der Waals surface area (Å²) in [4.78, 5) is 6.63. The smallest absolute Gasteiger partial charge is 0.0703 e. The predicted molar refractivity (Wildman–Crippen MR) is 66.5 cm³/mol. The quantitative estimate of drug-likeness (QED) is 0.854. The van der Waals surface area contributed by atoms with Crippen molar-refractivity contribution in [2.75, 3.05) is 5.32 Å². The van der Waals surface area contributed by atoms with E-state index in [1.165, 1.54) is 9.75 Å². The van der Waals surface area contributed by atoms with Gasteiger partial charge in [-0.2, -0.15) is 0 Å². The Labute approximate surface area is 98.8 Å². The second-order valence-corrected chi connectivity index (χ2v) is 4.93. The van der Waals surface area contributed by atoms with E-state index in [1.54, 1.807) is 23.7 Å². The van der Waals surface area contributed by atoms with Gasteiger partial charge in [-0.05, 0) is 25.1 Å². The second kappa shape index (κ2) is 5.09. The summed E-state index contributed by atoms with van der Waals surface area (Å²) in [5.74, 6) is 0. The van der Waals surface area contributed by atoms with Crippen LogP contribution >= 0.6 is 11.3 Å². The number of aliphatic hydroxyl groups is 1. The van der Waals surface area contributed by atoms with Crippen LogP contribution in [-0.4, -0.2) is 10.1 Å². The molecule has 16 heavy (non-hydrogen) atoms. The van der Waals surface area contributed by atoms with E-state index in [-0.39, 0.29) is 6.61 Å². The van der Waals surface area contributed by atoms with Crippen molar-refractivity contribution in [2.24, 2.45) is 0 Å². The van der Waals surface area contributed by atoms with Crippen molar-refractivity contribution < 1.29 is 5.11 Å². The minimum atomic E-state index is 0.0360. The van der Waals surface area contributed by atoms with Gasteiger partial charge in [-0.15, -0.1) is 11.3 Å². The summed E-state index contributed by atoms with van der Waals surface area (Å²) in [7, 11) is 0. The third-order valence-electron chi connectivity index (χ3n) is 2.33. The molecular weight excluding hydrogens is 220 g/mol. The standard InChI is InChI=1S/C12H14N2OS/c1-9-2-3-11(16-9)6-14-12-7-13-5-4-10(12)8-15/h2-5,7,14-15H,6,8H2,1H3. The van der Waals surface area contributed by atoms with Crippen molar-refractivity contribution in [3.63, 3.8) is 0 Å². The third-order valence-corrected chi connectivity index (χ3v) is 3.33. The molecule has 0 bridgehead atoms. The molecular formula is C12H14N2OS. The molecule has 0 saturated carbocycles. The lowest BCUT2D eigenvalue weighted by molar-refractivity contribution is 0.282. The Balaban J connectivity index is 2.04. The van der Waals surface area contributed by atoms with Crippen molar-refractivity contribution in [2.45, 2.75) is 20.1 Å². The number of aryl methyl sites for hydroxylation is 1. The number of aromatic nitrogens is 1. The molecule has 0 aromatic carbocycles. The van der Waals surface area contributed by atoms with E-state index >= 15 is 0 Å². The lowest BCUT2D eigenvalue weighted by Crippen LogP contribution is -2.01. The number of rotatable bonds is 4. The average Bonchev–Trinajstić information content (AvgIpc) is 2.73. The van der Waals surface area contributed by atoms with Crippen LogP contribution < -0.4 is 5.32 Å². The van der Waals surface area contributed by atoms with E-state index in [0.717, 1.165) is 17.8 Å². The first-order chi connectivity index (χ1) is 7.79. The first-order valence-corrected chi connectivity index (χ1v) is 5.94. The molecule has 84 valence electrons. The molecule has 0 aliphatic heterocycles. The monoisotopic (exact) mass is 234 g/mol. The molecule has 0 aliphatic rings. The highest BCUT2D eigenvalue weighted by Gasteiger charge is 2.01. The van der Waals surface area contributed by atoms with Crippen molar-refractivity contribution in [3.8, 4) is 0 Å². The van der Waals surface area contributed by atoms with Crippen molar-refractivity contribution >= 4 is 17.0 Å². The van der Waals surface area contributed by atoms with Gasteiger partial charge in [0.05, 0.1) is 18.5 Å². The van der Waals surface area contributed by atoms with Gasteiger partial charge in [0, 0.05) is 28.1 Å². The van der Waals surface area contributed by atoms with Crippen LogP contribution in [0.3, 0.4) is 0 Å². The Morgan fingerprint density at radius 3 is 2.94 bits per heavy atom. The van der Waals surface area contributed by atoms with E-state index in [1.807, 2.05) is 6.07 Å². The zero-order chi connectivity index (χ0) is 11.4. The number of thiophene rings is 1. The fourth-order valence-electron chi connectivity index (χ4n) is 1.48. The highest BCUT2D eigenvalue weighted by atomic mass is 32.1. The highest BCUT2D eigenvalue weighted by Crippen LogP contribution is 2.18. The molecule has 2 heterocycles. The molecule has 3 nitrogen and oxygen atoms in total. The predicted octanol–water partition coefficient (Wildman–Crippen LogP) is 2.56. The van der Waals surface area contributed by atoms with Gasteiger partial charge in [-0.1, -0.05) is 0 Å². The van der Waals surface area contributed by atoms with Crippen LogP contribution in [0.1, 0.15) is 15.3 Å². The molecule has 0 aliphatic carbocycles. The molecule has 0 fully saturated rings. The van der Waals surface area contributed by atoms with Gasteiger partial charge in [-0.25, -0.2) is 0 Å². The summed E-state index contributed by atoms with van der Waals surface area (Å²) >= 11 is 1.78.